The van der Waals surface area contributed by atoms with Crippen LogP contribution in [0, 0.1) is 12.5 Å². The molecule has 1 aliphatic rings. The third-order valence-electron chi connectivity index (χ3n) is 6.07. The Kier molecular flexibility index (Phi) is 6.42. The van der Waals surface area contributed by atoms with Gasteiger partial charge in [-0.2, -0.15) is 0 Å². The van der Waals surface area contributed by atoms with E-state index < -0.39 is 0 Å². The van der Waals surface area contributed by atoms with Crippen molar-refractivity contribution in [1.29, 1.82) is 0 Å². The number of rotatable bonds is 6. The van der Waals surface area contributed by atoms with Crippen LogP contribution in [-0.2, 0) is 0 Å². The summed E-state index contributed by atoms with van der Waals surface area (Å²) in [6, 6.07) is 7.65. The van der Waals surface area contributed by atoms with Crippen molar-refractivity contribution in [3.63, 3.8) is 0 Å². The average molecular weight is 429 g/mol. The molecule has 164 valence electrons. The number of ketones is 1. The summed E-state index contributed by atoms with van der Waals surface area (Å²) >= 11 is 0. The van der Waals surface area contributed by atoms with Gasteiger partial charge in [0.1, 0.15) is 11.7 Å². The van der Waals surface area contributed by atoms with Gasteiger partial charge in [-0.3, -0.25) is 9.78 Å². The van der Waals surface area contributed by atoms with Gasteiger partial charge < -0.3 is 15.1 Å². The second kappa shape index (κ2) is 9.41. The van der Waals surface area contributed by atoms with Gasteiger partial charge in [0, 0.05) is 24.3 Å². The molecule has 0 bridgehead atoms. The van der Waals surface area contributed by atoms with E-state index >= 15 is 0 Å². The van der Waals surface area contributed by atoms with Gasteiger partial charge in [-0.25, -0.2) is 4.98 Å². The SMILES string of the molecule is [C-]#[N+]c1ccc(-c2ccc3ncc(C(C)=O)c(NC4CCC(CN(C)C)CC4)c3n2)cn1. The first-order valence-electron chi connectivity index (χ1n) is 11.0. The Morgan fingerprint density at radius 1 is 1.12 bits per heavy atom. The number of hydrogen-bond acceptors (Lipinski definition) is 6. The molecule has 0 spiro atoms. The highest BCUT2D eigenvalue weighted by Gasteiger charge is 2.24. The predicted molar refractivity (Wildman–Crippen MR) is 127 cm³/mol. The zero-order valence-electron chi connectivity index (χ0n) is 18.8. The van der Waals surface area contributed by atoms with Gasteiger partial charge >= 0.3 is 0 Å². The molecule has 4 rings (SSSR count). The van der Waals surface area contributed by atoms with Gasteiger partial charge in [0.05, 0.1) is 22.5 Å². The molecule has 1 aliphatic carbocycles. The number of nitrogens with one attached hydrogen (secondary N) is 1. The quantitative estimate of drug-likeness (QED) is 0.441. The van der Waals surface area contributed by atoms with Gasteiger partial charge in [-0.05, 0) is 70.8 Å². The molecule has 0 radical (unpaired) electrons. The van der Waals surface area contributed by atoms with Gasteiger partial charge in [0.2, 0.25) is 0 Å². The van der Waals surface area contributed by atoms with Crippen LogP contribution in [0.3, 0.4) is 0 Å². The van der Waals surface area contributed by atoms with E-state index in [1.807, 2.05) is 18.2 Å². The fraction of sp³-hybridized carbons (Fsp3) is 0.400. The summed E-state index contributed by atoms with van der Waals surface area (Å²) < 4.78 is 0. The van der Waals surface area contributed by atoms with Crippen LogP contribution in [0.25, 0.3) is 27.1 Å². The standard InChI is InChI=1S/C25H28N6O/c1-16(32)20-14-27-22-11-10-21(18-7-12-23(26-2)28-13-18)30-25(22)24(20)29-19-8-5-17(6-9-19)15-31(3)4/h7,10-14,17,19H,5-6,8-9,15H2,1,3-4H3,(H,27,29). The fourth-order valence-corrected chi connectivity index (χ4v) is 4.45. The number of hydrogen-bond donors (Lipinski definition) is 1. The summed E-state index contributed by atoms with van der Waals surface area (Å²) in [4.78, 5) is 31.5. The van der Waals surface area contributed by atoms with E-state index in [4.69, 9.17) is 11.6 Å². The average Bonchev–Trinajstić information content (AvgIpc) is 2.79. The zero-order valence-corrected chi connectivity index (χ0v) is 18.8. The molecule has 3 heterocycles. The monoisotopic (exact) mass is 428 g/mol. The molecule has 0 unspecified atom stereocenters. The first-order chi connectivity index (χ1) is 15.4. The lowest BCUT2D eigenvalue weighted by Gasteiger charge is -2.31. The lowest BCUT2D eigenvalue weighted by molar-refractivity contribution is 0.101. The second-order valence-corrected chi connectivity index (χ2v) is 8.81. The summed E-state index contributed by atoms with van der Waals surface area (Å²) in [5.41, 5.74) is 4.34. The smallest absolute Gasteiger partial charge is 0.269 e. The van der Waals surface area contributed by atoms with Gasteiger partial charge in [0.15, 0.2) is 5.78 Å². The maximum Gasteiger partial charge on any atom is 0.269 e. The molecule has 3 aromatic rings. The van der Waals surface area contributed by atoms with Crippen molar-refractivity contribution in [2.45, 2.75) is 38.6 Å². The Labute approximate surface area is 188 Å². The molecule has 1 N–H and O–H groups in total. The van der Waals surface area contributed by atoms with E-state index in [1.165, 1.54) is 12.8 Å². The highest BCUT2D eigenvalue weighted by atomic mass is 16.1. The van der Waals surface area contributed by atoms with Crippen LogP contribution in [0.1, 0.15) is 43.0 Å². The predicted octanol–water partition coefficient (Wildman–Crippen LogP) is 4.98. The number of nitrogens with zero attached hydrogens (tertiary/aromatic N) is 5. The van der Waals surface area contributed by atoms with Crippen LogP contribution < -0.4 is 5.32 Å². The molecule has 1 saturated carbocycles. The van der Waals surface area contributed by atoms with Crippen LogP contribution in [-0.4, -0.2) is 52.3 Å². The Morgan fingerprint density at radius 3 is 2.53 bits per heavy atom. The molecule has 0 atom stereocenters. The minimum atomic E-state index is -0.0292. The molecule has 1 fully saturated rings. The first-order valence-corrected chi connectivity index (χ1v) is 11.0. The molecular weight excluding hydrogens is 400 g/mol. The van der Waals surface area contributed by atoms with Crippen molar-refractivity contribution < 1.29 is 4.79 Å². The fourth-order valence-electron chi connectivity index (χ4n) is 4.45. The molecule has 7 heteroatoms. The van der Waals surface area contributed by atoms with Crippen LogP contribution in [0.2, 0.25) is 0 Å². The van der Waals surface area contributed by atoms with E-state index in [2.05, 4.69) is 39.1 Å². The molecule has 3 aromatic heterocycles. The van der Waals surface area contributed by atoms with Crippen molar-refractivity contribution in [2.75, 3.05) is 26.0 Å². The van der Waals surface area contributed by atoms with Crippen LogP contribution in [0.4, 0.5) is 11.5 Å². The number of aromatic nitrogens is 3. The molecule has 0 saturated heterocycles. The van der Waals surface area contributed by atoms with Crippen LogP contribution in [0.5, 0.6) is 0 Å². The first kappa shape index (κ1) is 21.8. The Bertz CT molecular complexity index is 1160. The number of fused-ring (bicyclic) bond motifs is 1. The highest BCUT2D eigenvalue weighted by molar-refractivity contribution is 6.06. The summed E-state index contributed by atoms with van der Waals surface area (Å²) in [5, 5.41) is 3.65. The highest BCUT2D eigenvalue weighted by Crippen LogP contribution is 2.32. The van der Waals surface area contributed by atoms with Crippen molar-refractivity contribution in [1.82, 2.24) is 19.9 Å². The van der Waals surface area contributed by atoms with Crippen molar-refractivity contribution >= 4 is 28.3 Å². The Morgan fingerprint density at radius 2 is 1.91 bits per heavy atom. The summed E-state index contributed by atoms with van der Waals surface area (Å²) in [7, 11) is 4.25. The molecule has 32 heavy (non-hydrogen) atoms. The van der Waals surface area contributed by atoms with Crippen molar-refractivity contribution in [2.24, 2.45) is 5.92 Å². The molecular formula is C25H28N6O. The zero-order chi connectivity index (χ0) is 22.7. The normalized spacial score (nSPS) is 18.5. The van der Waals surface area contributed by atoms with Gasteiger partial charge in [-0.15, -0.1) is 4.98 Å². The third-order valence-corrected chi connectivity index (χ3v) is 6.07. The number of pyridine rings is 3. The number of carbonyl (C=O) groups excluding carboxylic acids is 1. The van der Waals surface area contributed by atoms with E-state index in [-0.39, 0.29) is 5.78 Å². The second-order valence-electron chi connectivity index (χ2n) is 8.81. The maximum atomic E-state index is 12.4. The Balaban J connectivity index is 1.67. The van der Waals surface area contributed by atoms with Crippen molar-refractivity contribution in [3.05, 3.63) is 53.6 Å². The maximum absolute atomic E-state index is 12.4. The summed E-state index contributed by atoms with van der Waals surface area (Å²) in [6.07, 6.45) is 7.79. The molecule has 0 aromatic carbocycles. The third kappa shape index (κ3) is 4.76. The van der Waals surface area contributed by atoms with Crippen LogP contribution in [0.15, 0.2) is 36.7 Å². The van der Waals surface area contributed by atoms with E-state index in [0.717, 1.165) is 47.8 Å². The summed E-state index contributed by atoms with van der Waals surface area (Å²) in [6.45, 7) is 9.77. The Hall–Kier alpha value is -3.37. The largest absolute Gasteiger partial charge is 0.380 e. The number of carbonyl (C=O) groups is 1. The van der Waals surface area contributed by atoms with Crippen LogP contribution >= 0.6 is 0 Å². The molecule has 0 amide bonds. The topological polar surface area (TPSA) is 75.4 Å². The summed E-state index contributed by atoms with van der Waals surface area (Å²) in [5.74, 6) is 1.04. The van der Waals surface area contributed by atoms with E-state index in [0.29, 0.717) is 22.9 Å². The van der Waals surface area contributed by atoms with E-state index in [1.54, 1.807) is 25.4 Å². The van der Waals surface area contributed by atoms with Crippen molar-refractivity contribution in [3.8, 4) is 11.3 Å². The molecule has 0 aliphatic heterocycles. The van der Waals surface area contributed by atoms with Gasteiger partial charge in [-0.1, -0.05) is 12.6 Å². The number of Topliss-reactive ketones (excluding diaryl/α,β-unsaturated/α-hetero) is 1. The lowest BCUT2D eigenvalue weighted by Crippen LogP contribution is -2.31. The van der Waals surface area contributed by atoms with E-state index in [9.17, 15) is 4.79 Å². The lowest BCUT2D eigenvalue weighted by atomic mass is 9.85. The van der Waals surface area contributed by atoms with Gasteiger partial charge in [0.25, 0.3) is 5.82 Å². The minimum Gasteiger partial charge on any atom is -0.380 e. The molecule has 7 nitrogen and oxygen atoms in total. The number of anilines is 1. The minimum absolute atomic E-state index is 0.0292.